The van der Waals surface area contributed by atoms with Crippen LogP contribution in [0.4, 0.5) is 0 Å². The molecular weight excluding hydrogens is 152 g/mol. The maximum Gasteiger partial charge on any atom is 0.189 e. The summed E-state index contributed by atoms with van der Waals surface area (Å²) in [5.74, 6) is 0. The summed E-state index contributed by atoms with van der Waals surface area (Å²) in [5.41, 5.74) is 2.34. The van der Waals surface area contributed by atoms with E-state index >= 15 is 0 Å². The molecule has 1 aromatic carbocycles. The first-order valence-electron chi connectivity index (χ1n) is 4.13. The minimum absolute atomic E-state index is 0.0458. The maximum absolute atomic E-state index is 5.36. The zero-order valence-corrected chi connectivity index (χ0v) is 7.28. The Morgan fingerprint density at radius 2 is 2.00 bits per heavy atom. The van der Waals surface area contributed by atoms with E-state index < -0.39 is 0 Å². The molecule has 1 heterocycles. The van der Waals surface area contributed by atoms with Crippen molar-refractivity contribution >= 4 is 0 Å². The molecule has 1 aliphatic heterocycles. The third-order valence-electron chi connectivity index (χ3n) is 1.94. The van der Waals surface area contributed by atoms with Crippen molar-refractivity contribution in [3.8, 4) is 0 Å². The van der Waals surface area contributed by atoms with Crippen molar-refractivity contribution in [1.82, 2.24) is 0 Å². The molecule has 0 spiro atoms. The van der Waals surface area contributed by atoms with E-state index in [9.17, 15) is 0 Å². The van der Waals surface area contributed by atoms with E-state index in [1.165, 1.54) is 5.56 Å². The third kappa shape index (κ3) is 1.36. The van der Waals surface area contributed by atoms with Gasteiger partial charge in [0.1, 0.15) is 0 Å². The van der Waals surface area contributed by atoms with Crippen LogP contribution in [-0.4, -0.2) is 6.29 Å². The van der Waals surface area contributed by atoms with Gasteiger partial charge in [-0.2, -0.15) is 0 Å². The van der Waals surface area contributed by atoms with Crippen LogP contribution in [0.1, 0.15) is 24.3 Å². The summed E-state index contributed by atoms with van der Waals surface area (Å²) in [6.45, 7) is 3.96. The molecule has 64 valence electrons. The minimum Gasteiger partial charge on any atom is -0.320 e. The molecule has 2 rings (SSSR count). The molecule has 0 saturated carbocycles. The smallest absolute Gasteiger partial charge is 0.189 e. The molecule has 1 saturated heterocycles. The number of benzene rings is 1. The molecule has 0 N–H and O–H groups in total. The van der Waals surface area contributed by atoms with E-state index in [2.05, 4.69) is 19.1 Å². The Kier molecular flexibility index (Phi) is 1.87. The molecule has 0 atom stereocenters. The van der Waals surface area contributed by atoms with Crippen LogP contribution in [0.3, 0.4) is 0 Å². The molecule has 0 aliphatic carbocycles. The van der Waals surface area contributed by atoms with Crippen molar-refractivity contribution in [2.75, 3.05) is 0 Å². The molecule has 1 aromatic rings. The lowest BCUT2D eigenvalue weighted by Crippen LogP contribution is -2.31. The van der Waals surface area contributed by atoms with E-state index in [1.54, 1.807) is 0 Å². The summed E-state index contributed by atoms with van der Waals surface area (Å²) in [5, 5.41) is 0. The van der Waals surface area contributed by atoms with E-state index in [0.717, 1.165) is 5.56 Å². The lowest BCUT2D eigenvalue weighted by molar-refractivity contribution is -0.382. The summed E-state index contributed by atoms with van der Waals surface area (Å²) in [6.07, 6.45) is -0.185. The predicted molar refractivity (Wildman–Crippen MR) is 45.6 cm³/mol. The molecular formula is C10H12O2. The van der Waals surface area contributed by atoms with E-state index in [0.29, 0.717) is 0 Å². The fourth-order valence-corrected chi connectivity index (χ4v) is 1.33. The van der Waals surface area contributed by atoms with Crippen molar-refractivity contribution in [3.05, 3.63) is 35.4 Å². The second-order valence-electron chi connectivity index (χ2n) is 3.09. The molecule has 2 nitrogen and oxygen atoms in total. The van der Waals surface area contributed by atoms with E-state index in [4.69, 9.17) is 9.47 Å². The van der Waals surface area contributed by atoms with Crippen LogP contribution in [0.2, 0.25) is 0 Å². The molecule has 1 fully saturated rings. The predicted octanol–water partition coefficient (Wildman–Crippen LogP) is 2.39. The molecule has 1 aliphatic rings. The van der Waals surface area contributed by atoms with Gasteiger partial charge in [0, 0.05) is 5.56 Å². The van der Waals surface area contributed by atoms with Crippen molar-refractivity contribution in [2.24, 2.45) is 0 Å². The topological polar surface area (TPSA) is 18.5 Å². The van der Waals surface area contributed by atoms with Crippen LogP contribution in [-0.2, 0) is 9.47 Å². The summed E-state index contributed by atoms with van der Waals surface area (Å²) in [4.78, 5) is 0. The fraction of sp³-hybridized carbons (Fsp3) is 0.400. The van der Waals surface area contributed by atoms with Gasteiger partial charge in [-0.25, -0.2) is 0 Å². The number of aryl methyl sites for hydroxylation is 1. The molecule has 0 amide bonds. The Morgan fingerprint density at radius 3 is 2.58 bits per heavy atom. The van der Waals surface area contributed by atoms with Crippen molar-refractivity contribution in [2.45, 2.75) is 26.4 Å². The molecule has 0 bridgehead atoms. The second-order valence-corrected chi connectivity index (χ2v) is 3.09. The first-order chi connectivity index (χ1) is 5.75. The Balaban J connectivity index is 2.13. The monoisotopic (exact) mass is 164 g/mol. The van der Waals surface area contributed by atoms with Gasteiger partial charge in [0.2, 0.25) is 0 Å². The number of hydrogen-bond donors (Lipinski definition) is 0. The highest BCUT2D eigenvalue weighted by atomic mass is 16.9. The zero-order valence-electron chi connectivity index (χ0n) is 7.28. The zero-order chi connectivity index (χ0) is 8.55. The Labute approximate surface area is 72.1 Å². The van der Waals surface area contributed by atoms with Gasteiger partial charge in [-0.3, -0.25) is 0 Å². The summed E-state index contributed by atoms with van der Waals surface area (Å²) in [6, 6.07) is 8.17. The molecule has 0 radical (unpaired) electrons. The summed E-state index contributed by atoms with van der Waals surface area (Å²) in [7, 11) is 0. The van der Waals surface area contributed by atoms with Crippen molar-refractivity contribution in [3.63, 3.8) is 0 Å². The van der Waals surface area contributed by atoms with Crippen LogP contribution in [0.5, 0.6) is 0 Å². The molecule has 0 aromatic heterocycles. The van der Waals surface area contributed by atoms with E-state index in [1.807, 2.05) is 19.1 Å². The minimum atomic E-state index is -0.139. The van der Waals surface area contributed by atoms with Crippen LogP contribution in [0.15, 0.2) is 24.3 Å². The van der Waals surface area contributed by atoms with Gasteiger partial charge >= 0.3 is 0 Å². The van der Waals surface area contributed by atoms with Crippen molar-refractivity contribution < 1.29 is 9.47 Å². The van der Waals surface area contributed by atoms with Crippen LogP contribution in [0.25, 0.3) is 0 Å². The van der Waals surface area contributed by atoms with Crippen molar-refractivity contribution in [1.29, 1.82) is 0 Å². The Morgan fingerprint density at radius 1 is 1.25 bits per heavy atom. The Bertz CT molecular complexity index is 277. The van der Waals surface area contributed by atoms with Gasteiger partial charge in [0.15, 0.2) is 12.6 Å². The van der Waals surface area contributed by atoms with Gasteiger partial charge in [0.05, 0.1) is 0 Å². The summed E-state index contributed by atoms with van der Waals surface area (Å²) < 4.78 is 10.7. The molecule has 12 heavy (non-hydrogen) atoms. The maximum atomic E-state index is 5.36. The van der Waals surface area contributed by atoms with Crippen LogP contribution in [0, 0.1) is 6.92 Å². The van der Waals surface area contributed by atoms with Crippen LogP contribution >= 0.6 is 0 Å². The molecule has 2 heteroatoms. The highest BCUT2D eigenvalue weighted by Gasteiger charge is 2.27. The fourth-order valence-electron chi connectivity index (χ4n) is 1.33. The first kappa shape index (κ1) is 7.77. The Hall–Kier alpha value is -0.860. The lowest BCUT2D eigenvalue weighted by Gasteiger charge is -2.33. The first-order valence-corrected chi connectivity index (χ1v) is 4.13. The number of hydrogen-bond acceptors (Lipinski definition) is 2. The van der Waals surface area contributed by atoms with Gasteiger partial charge in [-0.05, 0) is 13.8 Å². The average molecular weight is 164 g/mol. The second kappa shape index (κ2) is 2.88. The van der Waals surface area contributed by atoms with Gasteiger partial charge in [0.25, 0.3) is 0 Å². The quantitative estimate of drug-likeness (QED) is 0.634. The standard InChI is InChI=1S/C10H12O2/c1-7-4-3-5-9(6-7)10-11-8(2)12-10/h3-6,8,10H,1-2H3. The largest absolute Gasteiger partial charge is 0.320 e. The number of ether oxygens (including phenoxy) is 2. The van der Waals surface area contributed by atoms with Crippen LogP contribution < -0.4 is 0 Å². The SMILES string of the molecule is Cc1cccc(C2OC(C)O2)c1. The molecule has 0 unspecified atom stereocenters. The number of rotatable bonds is 1. The van der Waals surface area contributed by atoms with Gasteiger partial charge in [-0.15, -0.1) is 0 Å². The third-order valence-corrected chi connectivity index (χ3v) is 1.94. The normalized spacial score (nSPS) is 28.2. The average Bonchev–Trinajstić information content (AvgIpc) is 1.99. The highest BCUT2D eigenvalue weighted by Crippen LogP contribution is 2.31. The lowest BCUT2D eigenvalue weighted by atomic mass is 10.1. The van der Waals surface area contributed by atoms with E-state index in [-0.39, 0.29) is 12.6 Å². The highest BCUT2D eigenvalue weighted by molar-refractivity contribution is 5.23. The summed E-state index contributed by atoms with van der Waals surface area (Å²) >= 11 is 0. The van der Waals surface area contributed by atoms with Gasteiger partial charge in [-0.1, -0.05) is 29.8 Å². The van der Waals surface area contributed by atoms with Gasteiger partial charge < -0.3 is 9.47 Å².